The molecule has 3 aromatic rings. The number of ether oxygens (including phenoxy) is 2. The van der Waals surface area contributed by atoms with Crippen molar-refractivity contribution in [1.29, 1.82) is 0 Å². The van der Waals surface area contributed by atoms with E-state index in [4.69, 9.17) is 13.9 Å². The number of halogens is 4. The molecule has 2 amide bonds. The molecule has 174 valence electrons. The summed E-state index contributed by atoms with van der Waals surface area (Å²) in [5, 5.41) is 2.13. The van der Waals surface area contributed by atoms with Crippen LogP contribution in [0.15, 0.2) is 34.9 Å². The third kappa shape index (κ3) is 4.60. The molecule has 1 fully saturated rings. The van der Waals surface area contributed by atoms with E-state index in [0.717, 1.165) is 24.4 Å². The Morgan fingerprint density at radius 1 is 1.15 bits per heavy atom. The highest BCUT2D eigenvalue weighted by molar-refractivity contribution is 5.96. The van der Waals surface area contributed by atoms with E-state index in [1.54, 1.807) is 0 Å². The van der Waals surface area contributed by atoms with E-state index in [9.17, 15) is 27.2 Å². The van der Waals surface area contributed by atoms with E-state index in [1.807, 2.05) is 0 Å². The van der Waals surface area contributed by atoms with Gasteiger partial charge in [-0.1, -0.05) is 0 Å². The first kappa shape index (κ1) is 22.5. The Kier molecular flexibility index (Phi) is 5.93. The summed E-state index contributed by atoms with van der Waals surface area (Å²) < 4.78 is 70.6. The molecule has 0 unspecified atom stereocenters. The van der Waals surface area contributed by atoms with Crippen LogP contribution in [0.5, 0.6) is 5.95 Å². The fourth-order valence-electron chi connectivity index (χ4n) is 3.38. The Hall–Kier alpha value is -3.67. The number of hydrogen-bond donors (Lipinski definition) is 1. The number of rotatable bonds is 3. The molecule has 12 heteroatoms. The average Bonchev–Trinajstić information content (AvgIpc) is 3.20. The number of nitrogens with one attached hydrogen (secondary N) is 1. The minimum atomic E-state index is -4.82. The van der Waals surface area contributed by atoms with Gasteiger partial charge in [-0.25, -0.2) is 9.18 Å². The van der Waals surface area contributed by atoms with E-state index >= 15 is 0 Å². The molecule has 0 aliphatic carbocycles. The molecule has 3 heterocycles. The van der Waals surface area contributed by atoms with E-state index in [2.05, 4.69) is 10.3 Å². The summed E-state index contributed by atoms with van der Waals surface area (Å²) in [6.45, 7) is 1.14. The van der Waals surface area contributed by atoms with Gasteiger partial charge in [-0.15, -0.1) is 0 Å². The number of morpholine rings is 1. The molecule has 0 atom stereocenters. The van der Waals surface area contributed by atoms with Gasteiger partial charge in [0.1, 0.15) is 0 Å². The van der Waals surface area contributed by atoms with Gasteiger partial charge in [0.2, 0.25) is 0 Å². The van der Waals surface area contributed by atoms with E-state index in [-0.39, 0.29) is 35.3 Å². The molecule has 0 radical (unpaired) electrons. The van der Waals surface area contributed by atoms with Crippen LogP contribution in [0.25, 0.3) is 22.2 Å². The maximum atomic E-state index is 14.4. The van der Waals surface area contributed by atoms with Gasteiger partial charge in [0.25, 0.3) is 11.9 Å². The highest BCUT2D eigenvalue weighted by atomic mass is 19.4. The van der Waals surface area contributed by atoms with Gasteiger partial charge in [0.15, 0.2) is 11.4 Å². The van der Waals surface area contributed by atoms with Crippen LogP contribution in [0.2, 0.25) is 0 Å². The van der Waals surface area contributed by atoms with Crippen molar-refractivity contribution in [2.24, 2.45) is 0 Å². The second-order valence-electron chi connectivity index (χ2n) is 7.10. The number of hydrogen-bond acceptors (Lipinski definition) is 6. The van der Waals surface area contributed by atoms with E-state index in [0.29, 0.717) is 13.2 Å². The Balaban J connectivity index is 1.79. The molecule has 1 aliphatic rings. The average molecular weight is 467 g/mol. The number of carbonyl (C=O) groups is 2. The molecule has 0 saturated carbocycles. The first-order valence-corrected chi connectivity index (χ1v) is 9.74. The van der Waals surface area contributed by atoms with Crippen molar-refractivity contribution in [1.82, 2.24) is 15.2 Å². The number of pyridine rings is 1. The summed E-state index contributed by atoms with van der Waals surface area (Å²) in [5.74, 6) is -1.94. The number of benzene rings is 1. The zero-order valence-corrected chi connectivity index (χ0v) is 17.2. The quantitative estimate of drug-likeness (QED) is 0.589. The molecule has 1 saturated heterocycles. The number of carbonyl (C=O) groups excluding carboxylic acids is 2. The van der Waals surface area contributed by atoms with Gasteiger partial charge in [-0.05, 0) is 18.2 Å². The SMILES string of the molecule is CNC(=O)Oc1cc2cc(-c3cc(C(=O)N4CCOCC4)c(F)cn3)cc(C(F)(F)F)c2o1. The molecule has 33 heavy (non-hydrogen) atoms. The summed E-state index contributed by atoms with van der Waals surface area (Å²) in [7, 11) is 1.28. The lowest BCUT2D eigenvalue weighted by Gasteiger charge is -2.27. The van der Waals surface area contributed by atoms with Crippen molar-refractivity contribution in [2.45, 2.75) is 6.18 Å². The van der Waals surface area contributed by atoms with Crippen molar-refractivity contribution in [3.05, 3.63) is 47.4 Å². The summed E-state index contributed by atoms with van der Waals surface area (Å²) in [4.78, 5) is 29.4. The number of fused-ring (bicyclic) bond motifs is 1. The number of amides is 2. The zero-order chi connectivity index (χ0) is 23.8. The molecule has 1 N–H and O–H groups in total. The van der Waals surface area contributed by atoms with Gasteiger partial charge < -0.3 is 24.1 Å². The zero-order valence-electron chi connectivity index (χ0n) is 17.2. The third-order valence-electron chi connectivity index (χ3n) is 4.98. The molecule has 4 rings (SSSR count). The van der Waals surface area contributed by atoms with Crippen LogP contribution in [0, 0.1) is 5.82 Å². The highest BCUT2D eigenvalue weighted by Crippen LogP contribution is 2.40. The predicted octanol–water partition coefficient (Wildman–Crippen LogP) is 3.84. The van der Waals surface area contributed by atoms with Crippen LogP contribution in [-0.2, 0) is 10.9 Å². The Labute approximate surface area is 184 Å². The van der Waals surface area contributed by atoms with Crippen LogP contribution < -0.4 is 10.1 Å². The van der Waals surface area contributed by atoms with Crippen molar-refractivity contribution in [3.8, 4) is 17.2 Å². The lowest BCUT2D eigenvalue weighted by molar-refractivity contribution is -0.136. The summed E-state index contributed by atoms with van der Waals surface area (Å²) in [5.41, 5.74) is -2.08. The van der Waals surface area contributed by atoms with Gasteiger partial charge >= 0.3 is 12.3 Å². The number of furan rings is 1. The Morgan fingerprint density at radius 3 is 2.55 bits per heavy atom. The fourth-order valence-corrected chi connectivity index (χ4v) is 3.38. The normalized spacial score (nSPS) is 14.4. The van der Waals surface area contributed by atoms with Crippen molar-refractivity contribution in [2.75, 3.05) is 33.4 Å². The topological polar surface area (TPSA) is 93.9 Å². The molecule has 0 bridgehead atoms. The summed E-state index contributed by atoms with van der Waals surface area (Å²) in [6, 6.07) is 4.32. The summed E-state index contributed by atoms with van der Waals surface area (Å²) in [6.07, 6.45) is -4.95. The predicted molar refractivity (Wildman–Crippen MR) is 106 cm³/mol. The van der Waals surface area contributed by atoms with E-state index < -0.39 is 41.1 Å². The lowest BCUT2D eigenvalue weighted by atomic mass is 10.0. The third-order valence-corrected chi connectivity index (χ3v) is 4.98. The fraction of sp³-hybridized carbons (Fsp3) is 0.286. The van der Waals surface area contributed by atoms with Crippen molar-refractivity contribution >= 4 is 23.0 Å². The molecule has 1 aromatic carbocycles. The van der Waals surface area contributed by atoms with Crippen molar-refractivity contribution < 1.29 is 41.0 Å². The standard InChI is InChI=1S/C21H17F4N3O5/c1-26-20(30)33-17-8-12-6-11(7-14(18(12)32-17)21(23,24)25)16-9-13(15(22)10-27-16)19(29)28-2-4-31-5-3-28/h6-10H,2-5H2,1H3,(H,26,30). The lowest BCUT2D eigenvalue weighted by Crippen LogP contribution is -2.41. The second-order valence-corrected chi connectivity index (χ2v) is 7.10. The molecular weight excluding hydrogens is 450 g/mol. The minimum absolute atomic E-state index is 0.0223. The van der Waals surface area contributed by atoms with Crippen LogP contribution in [0.1, 0.15) is 15.9 Å². The second kappa shape index (κ2) is 8.70. The molecule has 8 nitrogen and oxygen atoms in total. The van der Waals surface area contributed by atoms with Crippen LogP contribution in [0.4, 0.5) is 22.4 Å². The maximum Gasteiger partial charge on any atom is 0.420 e. The van der Waals surface area contributed by atoms with E-state index in [1.165, 1.54) is 18.0 Å². The van der Waals surface area contributed by atoms with Crippen LogP contribution in [-0.4, -0.2) is 55.2 Å². The number of alkyl halides is 3. The summed E-state index contributed by atoms with van der Waals surface area (Å²) >= 11 is 0. The number of aromatic nitrogens is 1. The van der Waals surface area contributed by atoms with Gasteiger partial charge in [0, 0.05) is 37.2 Å². The molecular formula is C21H17F4N3O5. The smallest absolute Gasteiger partial charge is 0.420 e. The molecule has 0 spiro atoms. The molecule has 2 aromatic heterocycles. The first-order chi connectivity index (χ1) is 15.7. The largest absolute Gasteiger partial charge is 0.425 e. The van der Waals surface area contributed by atoms with Crippen molar-refractivity contribution in [3.63, 3.8) is 0 Å². The maximum absolute atomic E-state index is 14.4. The van der Waals surface area contributed by atoms with Gasteiger partial charge in [-0.2, -0.15) is 13.2 Å². The Morgan fingerprint density at radius 2 is 1.88 bits per heavy atom. The Bertz CT molecular complexity index is 1220. The number of nitrogens with zero attached hydrogens (tertiary/aromatic N) is 2. The van der Waals surface area contributed by atoms with Crippen LogP contribution >= 0.6 is 0 Å². The molecule has 1 aliphatic heterocycles. The van der Waals surface area contributed by atoms with Gasteiger partial charge in [-0.3, -0.25) is 9.78 Å². The van der Waals surface area contributed by atoms with Crippen LogP contribution in [0.3, 0.4) is 0 Å². The monoisotopic (exact) mass is 467 g/mol. The first-order valence-electron chi connectivity index (χ1n) is 9.74. The highest BCUT2D eigenvalue weighted by Gasteiger charge is 2.35. The minimum Gasteiger partial charge on any atom is -0.425 e. The van der Waals surface area contributed by atoms with Gasteiger partial charge in [0.05, 0.1) is 36.2 Å².